The normalized spacial score (nSPS) is 11.5. The molecule has 0 fully saturated rings. The van der Waals surface area contributed by atoms with E-state index in [1.165, 1.54) is 33.8 Å². The number of esters is 1. The molecule has 0 saturated heterocycles. The molecule has 37 heavy (non-hydrogen) atoms. The standard InChI is InChI=1S/C25H29NO10S/c1-32-17-12-21(34-3)18(22(13-17)35-4)9-10-37(31)15-16-5-6-20(33-2)19(11-16)26-23(27)14-36-25(30)8-7-24(28)29/h5-6,9-13H,7-8,14-15H2,1-4H3,(H,26,27)(H,28,29). The van der Waals surface area contributed by atoms with E-state index in [0.717, 1.165) is 0 Å². The van der Waals surface area contributed by atoms with Crippen LogP contribution < -0.4 is 24.3 Å². The number of carboxylic acid groups (broad SMARTS) is 1. The van der Waals surface area contributed by atoms with E-state index in [-0.39, 0.29) is 18.6 Å². The average Bonchev–Trinajstić information content (AvgIpc) is 2.89. The maximum absolute atomic E-state index is 12.8. The molecule has 0 aliphatic carbocycles. The number of carbonyl (C=O) groups is 3. The fourth-order valence-corrected chi connectivity index (χ4v) is 4.00. The summed E-state index contributed by atoms with van der Waals surface area (Å²) in [7, 11) is 4.53. The highest BCUT2D eigenvalue weighted by Crippen LogP contribution is 2.35. The predicted molar refractivity (Wildman–Crippen MR) is 136 cm³/mol. The third kappa shape index (κ3) is 9.15. The Bertz CT molecular complexity index is 1150. The molecular weight excluding hydrogens is 506 g/mol. The van der Waals surface area contributed by atoms with Crippen molar-refractivity contribution >= 4 is 40.4 Å². The molecule has 0 saturated carbocycles. The van der Waals surface area contributed by atoms with Gasteiger partial charge in [-0.2, -0.15) is 0 Å². The van der Waals surface area contributed by atoms with Crippen molar-refractivity contribution < 1.29 is 47.4 Å². The Morgan fingerprint density at radius 2 is 1.57 bits per heavy atom. The Hall–Kier alpha value is -4.06. The van der Waals surface area contributed by atoms with E-state index in [9.17, 15) is 18.6 Å². The Labute approximate surface area is 216 Å². The highest BCUT2D eigenvalue weighted by Gasteiger charge is 2.14. The van der Waals surface area contributed by atoms with Gasteiger partial charge in [0.05, 0.1) is 69.1 Å². The molecule has 200 valence electrons. The van der Waals surface area contributed by atoms with Gasteiger partial charge in [0.25, 0.3) is 5.91 Å². The number of benzene rings is 2. The number of carboxylic acids is 1. The number of nitrogens with one attached hydrogen (secondary N) is 1. The summed E-state index contributed by atoms with van der Waals surface area (Å²) in [5.41, 5.74) is 1.54. The van der Waals surface area contributed by atoms with E-state index in [1.54, 1.807) is 36.4 Å². The number of aliphatic carboxylic acids is 1. The molecule has 0 aromatic heterocycles. The molecule has 1 amide bonds. The Kier molecular flexibility index (Phi) is 11.4. The van der Waals surface area contributed by atoms with Crippen LogP contribution in [0.3, 0.4) is 0 Å². The van der Waals surface area contributed by atoms with Gasteiger partial charge in [-0.15, -0.1) is 0 Å². The van der Waals surface area contributed by atoms with Crippen LogP contribution >= 0.6 is 0 Å². The summed E-state index contributed by atoms with van der Waals surface area (Å²) in [5.74, 6) is -0.570. The summed E-state index contributed by atoms with van der Waals surface area (Å²) in [6.07, 6.45) is 0.910. The van der Waals surface area contributed by atoms with Crippen LogP contribution in [0.4, 0.5) is 5.69 Å². The van der Waals surface area contributed by atoms with Gasteiger partial charge >= 0.3 is 11.9 Å². The molecular formula is C25H29NO10S. The number of ether oxygens (including phenoxy) is 5. The van der Waals surface area contributed by atoms with Crippen LogP contribution in [0.5, 0.6) is 23.0 Å². The van der Waals surface area contributed by atoms with Crippen molar-refractivity contribution in [3.63, 3.8) is 0 Å². The number of rotatable bonds is 14. The quantitative estimate of drug-likeness (QED) is 0.346. The van der Waals surface area contributed by atoms with Gasteiger partial charge in [-0.3, -0.25) is 18.6 Å². The lowest BCUT2D eigenvalue weighted by molar-refractivity contribution is -0.149. The van der Waals surface area contributed by atoms with Crippen molar-refractivity contribution in [2.24, 2.45) is 0 Å². The summed E-state index contributed by atoms with van der Waals surface area (Å²) in [6, 6.07) is 8.30. The van der Waals surface area contributed by atoms with Crippen LogP contribution in [-0.2, 0) is 35.7 Å². The Balaban J connectivity index is 2.09. The van der Waals surface area contributed by atoms with E-state index in [0.29, 0.717) is 39.8 Å². The minimum Gasteiger partial charge on any atom is -0.496 e. The number of methoxy groups -OCH3 is 4. The smallest absolute Gasteiger partial charge is 0.306 e. The van der Waals surface area contributed by atoms with Gasteiger partial charge in [0.2, 0.25) is 0 Å². The Morgan fingerprint density at radius 3 is 2.14 bits per heavy atom. The van der Waals surface area contributed by atoms with Crippen LogP contribution in [0.25, 0.3) is 6.08 Å². The average molecular weight is 536 g/mol. The minimum absolute atomic E-state index is 0.133. The second-order valence-electron chi connectivity index (χ2n) is 7.41. The van der Waals surface area contributed by atoms with E-state index in [2.05, 4.69) is 5.32 Å². The Morgan fingerprint density at radius 1 is 0.919 bits per heavy atom. The van der Waals surface area contributed by atoms with Gasteiger partial charge in [-0.1, -0.05) is 6.07 Å². The number of hydrogen-bond acceptors (Lipinski definition) is 9. The third-order valence-electron chi connectivity index (χ3n) is 4.89. The van der Waals surface area contributed by atoms with Gasteiger partial charge in [0.15, 0.2) is 6.61 Å². The maximum atomic E-state index is 12.8. The van der Waals surface area contributed by atoms with Gasteiger partial charge < -0.3 is 34.1 Å². The summed E-state index contributed by atoms with van der Waals surface area (Å²) < 4.78 is 38.8. The summed E-state index contributed by atoms with van der Waals surface area (Å²) in [4.78, 5) is 34.3. The predicted octanol–water partition coefficient (Wildman–Crippen LogP) is 2.99. The second-order valence-corrected chi connectivity index (χ2v) is 8.73. The van der Waals surface area contributed by atoms with Gasteiger partial charge in [0.1, 0.15) is 23.0 Å². The zero-order valence-corrected chi connectivity index (χ0v) is 21.7. The van der Waals surface area contributed by atoms with Crippen molar-refractivity contribution in [1.29, 1.82) is 0 Å². The summed E-state index contributed by atoms with van der Waals surface area (Å²) >= 11 is 0. The van der Waals surface area contributed by atoms with Crippen molar-refractivity contribution in [3.05, 3.63) is 46.9 Å². The van der Waals surface area contributed by atoms with E-state index >= 15 is 0 Å². The van der Waals surface area contributed by atoms with E-state index < -0.39 is 35.3 Å². The van der Waals surface area contributed by atoms with E-state index in [1.807, 2.05) is 0 Å². The lowest BCUT2D eigenvalue weighted by atomic mass is 10.1. The largest absolute Gasteiger partial charge is 0.496 e. The molecule has 1 atom stereocenters. The van der Waals surface area contributed by atoms with Crippen LogP contribution in [0.2, 0.25) is 0 Å². The molecule has 2 aromatic carbocycles. The van der Waals surface area contributed by atoms with Crippen molar-refractivity contribution in [3.8, 4) is 23.0 Å². The topological polar surface area (TPSA) is 147 Å². The van der Waals surface area contributed by atoms with Crippen LogP contribution in [0.15, 0.2) is 35.7 Å². The summed E-state index contributed by atoms with van der Waals surface area (Å²) in [6.45, 7) is -0.591. The molecule has 2 rings (SSSR count). The van der Waals surface area contributed by atoms with Crippen LogP contribution in [0.1, 0.15) is 24.0 Å². The van der Waals surface area contributed by atoms with Crippen molar-refractivity contribution in [2.75, 3.05) is 40.4 Å². The molecule has 0 aliphatic rings. The van der Waals surface area contributed by atoms with Crippen LogP contribution in [-0.4, -0.2) is 62.2 Å². The molecule has 11 nitrogen and oxygen atoms in total. The molecule has 0 radical (unpaired) electrons. The molecule has 2 aromatic rings. The lowest BCUT2D eigenvalue weighted by Crippen LogP contribution is -2.21. The molecule has 2 N–H and O–H groups in total. The number of hydrogen-bond donors (Lipinski definition) is 2. The molecule has 0 spiro atoms. The fourth-order valence-electron chi connectivity index (χ4n) is 3.11. The monoisotopic (exact) mass is 535 g/mol. The number of amides is 1. The maximum Gasteiger partial charge on any atom is 0.306 e. The van der Waals surface area contributed by atoms with Crippen molar-refractivity contribution in [2.45, 2.75) is 18.6 Å². The highest BCUT2D eigenvalue weighted by molar-refractivity contribution is 7.87. The first-order valence-corrected chi connectivity index (χ1v) is 12.3. The zero-order valence-electron chi connectivity index (χ0n) is 20.9. The number of anilines is 1. The summed E-state index contributed by atoms with van der Waals surface area (Å²) in [5, 5.41) is 12.7. The molecule has 0 heterocycles. The highest BCUT2D eigenvalue weighted by atomic mass is 32.2. The molecule has 0 bridgehead atoms. The fraction of sp³-hybridized carbons (Fsp3) is 0.320. The number of carbonyl (C=O) groups excluding carboxylic acids is 2. The lowest BCUT2D eigenvalue weighted by Gasteiger charge is -2.13. The van der Waals surface area contributed by atoms with Crippen molar-refractivity contribution in [1.82, 2.24) is 0 Å². The molecule has 0 aliphatic heterocycles. The van der Waals surface area contributed by atoms with E-state index in [4.69, 9.17) is 28.8 Å². The van der Waals surface area contributed by atoms with Gasteiger partial charge in [-0.05, 0) is 23.8 Å². The third-order valence-corrected chi connectivity index (χ3v) is 5.95. The molecule has 12 heteroatoms. The minimum atomic E-state index is -1.44. The first-order chi connectivity index (χ1) is 17.7. The van der Waals surface area contributed by atoms with Gasteiger partial charge in [0, 0.05) is 17.5 Å². The van der Waals surface area contributed by atoms with Gasteiger partial charge in [-0.25, -0.2) is 0 Å². The molecule has 1 unspecified atom stereocenters. The van der Waals surface area contributed by atoms with Crippen LogP contribution in [0, 0.1) is 0 Å². The SMILES string of the molecule is COc1cc(OC)c(C=CS(=O)Cc2ccc(OC)c(NC(=O)COC(=O)CCC(=O)O)c2)c(OC)c1. The first kappa shape index (κ1) is 29.2. The first-order valence-electron chi connectivity index (χ1n) is 10.9. The second kappa shape index (κ2) is 14.5. The zero-order chi connectivity index (χ0) is 27.4.